The van der Waals surface area contributed by atoms with Crippen LogP contribution in [0, 0.1) is 0 Å². The molecule has 80 valence electrons. The first-order valence-corrected chi connectivity index (χ1v) is 17.7. The van der Waals surface area contributed by atoms with Gasteiger partial charge in [-0.2, -0.15) is 0 Å². The zero-order valence-corrected chi connectivity index (χ0v) is 14.5. The van der Waals surface area contributed by atoms with E-state index in [2.05, 4.69) is 37.4 Å². The Hall–Kier alpha value is 1.53. The molecule has 0 spiro atoms. The molecule has 0 aliphatic rings. The van der Waals surface area contributed by atoms with E-state index >= 15 is 0 Å². The van der Waals surface area contributed by atoms with Crippen molar-refractivity contribution in [3.05, 3.63) is 0 Å². The molecule has 0 radical (unpaired) electrons. The zero-order valence-electron chi connectivity index (χ0n) is 9.53. The number of unbranched alkanes of at least 4 members (excludes halogenated alkanes) is 5. The molecule has 13 heavy (non-hydrogen) atoms. The number of alkyl halides is 1. The van der Waals surface area contributed by atoms with Gasteiger partial charge in [-0.15, -0.1) is 0 Å². The van der Waals surface area contributed by atoms with Crippen molar-refractivity contribution in [1.29, 1.82) is 0 Å². The summed E-state index contributed by atoms with van der Waals surface area (Å²) in [5.74, 6) is 0. The van der Waals surface area contributed by atoms with Gasteiger partial charge in [0.15, 0.2) is 0 Å². The SMILES string of the molecule is [CH3][Sn]([CH3])([CH3])[CH2]CCCCCCCI. The normalized spacial score (nSPS) is 12.0. The van der Waals surface area contributed by atoms with Gasteiger partial charge in [-0.25, -0.2) is 0 Å². The van der Waals surface area contributed by atoms with Gasteiger partial charge in [-0.3, -0.25) is 0 Å². The van der Waals surface area contributed by atoms with Crippen molar-refractivity contribution in [3.63, 3.8) is 0 Å². The standard InChI is InChI=1S/C8H16I.3CH3.Sn/c1-2-3-4-5-6-7-8-9;;;;/h1-8H2;3*1H3;. The third-order valence-electron chi connectivity index (χ3n) is 2.31. The second-order valence-corrected chi connectivity index (χ2v) is 22.2. The fourth-order valence-electron chi connectivity index (χ4n) is 1.46. The summed E-state index contributed by atoms with van der Waals surface area (Å²) in [4.78, 5) is 7.64. The molecule has 0 saturated heterocycles. The topological polar surface area (TPSA) is 0 Å². The summed E-state index contributed by atoms with van der Waals surface area (Å²) >= 11 is 1.09. The summed E-state index contributed by atoms with van der Waals surface area (Å²) in [5.41, 5.74) is 0. The Morgan fingerprint density at radius 1 is 0.769 bits per heavy atom. The van der Waals surface area contributed by atoms with Crippen LogP contribution in [0.3, 0.4) is 0 Å². The van der Waals surface area contributed by atoms with E-state index in [9.17, 15) is 0 Å². The van der Waals surface area contributed by atoms with E-state index in [1.165, 1.54) is 43.0 Å². The minimum atomic E-state index is -1.39. The first-order valence-electron chi connectivity index (χ1n) is 5.62. The van der Waals surface area contributed by atoms with Crippen molar-refractivity contribution in [1.82, 2.24) is 0 Å². The fourth-order valence-corrected chi connectivity index (χ4v) is 5.74. The van der Waals surface area contributed by atoms with Crippen molar-refractivity contribution in [2.24, 2.45) is 0 Å². The number of hydrogen-bond acceptors (Lipinski definition) is 0. The third-order valence-corrected chi connectivity index (χ3v) is 8.36. The van der Waals surface area contributed by atoms with E-state index in [0.717, 1.165) is 0 Å². The van der Waals surface area contributed by atoms with Crippen molar-refractivity contribution in [3.8, 4) is 0 Å². The van der Waals surface area contributed by atoms with Crippen molar-refractivity contribution >= 4 is 41.0 Å². The van der Waals surface area contributed by atoms with E-state index in [1.54, 1.807) is 4.44 Å². The van der Waals surface area contributed by atoms with E-state index in [0.29, 0.717) is 0 Å². The molecule has 0 aliphatic carbocycles. The van der Waals surface area contributed by atoms with Crippen molar-refractivity contribution < 1.29 is 0 Å². The van der Waals surface area contributed by atoms with Gasteiger partial charge in [-0.05, 0) is 0 Å². The molecule has 0 N–H and O–H groups in total. The Labute approximate surface area is 102 Å². The Bertz CT molecular complexity index is 107. The van der Waals surface area contributed by atoms with Crippen LogP contribution >= 0.6 is 22.6 Å². The third kappa shape index (κ3) is 13.5. The molecule has 0 saturated carbocycles. The van der Waals surface area contributed by atoms with Gasteiger partial charge in [0, 0.05) is 0 Å². The fraction of sp³-hybridized carbons (Fsp3) is 1.00. The Balaban J connectivity index is 3.00. The molecule has 0 aromatic carbocycles. The van der Waals surface area contributed by atoms with Crippen LogP contribution in [0.1, 0.15) is 38.5 Å². The number of hydrogen-bond donors (Lipinski definition) is 0. The first-order chi connectivity index (χ1) is 6.06. The van der Waals surface area contributed by atoms with E-state index < -0.39 is 18.4 Å². The Morgan fingerprint density at radius 2 is 1.23 bits per heavy atom. The van der Waals surface area contributed by atoms with E-state index in [4.69, 9.17) is 0 Å². The van der Waals surface area contributed by atoms with E-state index in [1.807, 2.05) is 0 Å². The van der Waals surface area contributed by atoms with Crippen LogP contribution in [0.2, 0.25) is 19.3 Å². The first kappa shape index (κ1) is 14.5. The molecule has 0 aromatic heterocycles. The van der Waals surface area contributed by atoms with Gasteiger partial charge in [-0.1, -0.05) is 0 Å². The zero-order chi connectivity index (χ0) is 10.2. The Morgan fingerprint density at radius 3 is 1.69 bits per heavy atom. The van der Waals surface area contributed by atoms with Gasteiger partial charge < -0.3 is 0 Å². The monoisotopic (exact) mass is 404 g/mol. The molecule has 0 unspecified atom stereocenters. The van der Waals surface area contributed by atoms with Gasteiger partial charge >= 0.3 is 103 Å². The summed E-state index contributed by atoms with van der Waals surface area (Å²) in [5, 5.41) is 0. The number of rotatable bonds is 8. The van der Waals surface area contributed by atoms with Crippen LogP contribution in [-0.4, -0.2) is 22.8 Å². The summed E-state index contributed by atoms with van der Waals surface area (Å²) in [6.45, 7) is 0. The predicted molar refractivity (Wildman–Crippen MR) is 74.7 cm³/mol. The summed E-state index contributed by atoms with van der Waals surface area (Å²) in [7, 11) is 0. The Kier molecular flexibility index (Phi) is 9.84. The summed E-state index contributed by atoms with van der Waals surface area (Å²) in [6.07, 6.45) is 8.86. The van der Waals surface area contributed by atoms with Crippen LogP contribution in [0.15, 0.2) is 0 Å². The molecular weight excluding hydrogens is 378 g/mol. The summed E-state index contributed by atoms with van der Waals surface area (Å²) in [6, 6.07) is 0. The summed E-state index contributed by atoms with van der Waals surface area (Å²) < 4.78 is 2.94. The number of halogens is 1. The molecule has 0 heterocycles. The minimum absolute atomic E-state index is 1.34. The van der Waals surface area contributed by atoms with Crippen LogP contribution in [0.25, 0.3) is 0 Å². The molecule has 0 fully saturated rings. The van der Waals surface area contributed by atoms with Crippen molar-refractivity contribution in [2.45, 2.75) is 57.8 Å². The molecule has 0 nitrogen and oxygen atoms in total. The van der Waals surface area contributed by atoms with E-state index in [-0.39, 0.29) is 0 Å². The molecule has 0 aromatic rings. The molecule has 2 heteroatoms. The molecule has 0 rings (SSSR count). The van der Waals surface area contributed by atoms with Crippen molar-refractivity contribution in [2.75, 3.05) is 4.43 Å². The van der Waals surface area contributed by atoms with Gasteiger partial charge in [0.05, 0.1) is 0 Å². The molecule has 0 amide bonds. The molecular formula is C11H25ISn. The molecule has 0 bridgehead atoms. The van der Waals surface area contributed by atoms with Gasteiger partial charge in [0.1, 0.15) is 0 Å². The predicted octanol–water partition coefficient (Wildman–Crippen LogP) is 5.10. The van der Waals surface area contributed by atoms with Crippen LogP contribution in [-0.2, 0) is 0 Å². The van der Waals surface area contributed by atoms with Crippen LogP contribution < -0.4 is 0 Å². The molecule has 0 atom stereocenters. The molecule has 0 aliphatic heterocycles. The van der Waals surface area contributed by atoms with Crippen LogP contribution in [0.5, 0.6) is 0 Å². The van der Waals surface area contributed by atoms with Gasteiger partial charge in [0.25, 0.3) is 0 Å². The van der Waals surface area contributed by atoms with Crippen LogP contribution in [0.4, 0.5) is 0 Å². The second-order valence-electron chi connectivity index (χ2n) is 5.12. The second kappa shape index (κ2) is 8.81. The quantitative estimate of drug-likeness (QED) is 0.229. The maximum atomic E-state index is 2.55. The van der Waals surface area contributed by atoms with Gasteiger partial charge in [0.2, 0.25) is 0 Å². The average Bonchev–Trinajstić information content (AvgIpc) is 2.01. The average molecular weight is 403 g/mol. The maximum absolute atomic E-state index is 2.55.